The van der Waals surface area contributed by atoms with Gasteiger partial charge in [-0.2, -0.15) is 5.10 Å². The van der Waals surface area contributed by atoms with Crippen LogP contribution in [0.3, 0.4) is 0 Å². The predicted octanol–water partition coefficient (Wildman–Crippen LogP) is 2.03. The molecule has 2 aromatic rings. The molecule has 17 heavy (non-hydrogen) atoms. The van der Waals surface area contributed by atoms with Gasteiger partial charge in [-0.25, -0.2) is 4.79 Å². The lowest BCUT2D eigenvalue weighted by atomic mass is 10.1. The molecule has 0 unspecified atom stereocenters. The highest BCUT2D eigenvalue weighted by Gasteiger charge is 2.06. The number of hydrogen-bond acceptors (Lipinski definition) is 3. The molecule has 0 radical (unpaired) electrons. The highest BCUT2D eigenvalue weighted by Crippen LogP contribution is 2.17. The summed E-state index contributed by atoms with van der Waals surface area (Å²) in [4.78, 5) is 10.9. The first-order valence-electron chi connectivity index (χ1n) is 5.23. The fraction of sp³-hybridized carbons (Fsp3) is 0.167. The molecule has 0 atom stereocenters. The molecule has 5 nitrogen and oxygen atoms in total. The van der Waals surface area contributed by atoms with E-state index in [0.29, 0.717) is 6.54 Å². The molecule has 0 saturated carbocycles. The summed E-state index contributed by atoms with van der Waals surface area (Å²) in [6, 6.07) is 6.88. The quantitative estimate of drug-likeness (QED) is 0.752. The van der Waals surface area contributed by atoms with E-state index < -0.39 is 5.97 Å². The number of aromatic carboxylic acids is 1. The number of nitrogens with zero attached hydrogens (tertiary/aromatic N) is 1. The van der Waals surface area contributed by atoms with Crippen molar-refractivity contribution in [2.24, 2.45) is 0 Å². The Kier molecular flexibility index (Phi) is 3.09. The number of aromatic nitrogens is 2. The van der Waals surface area contributed by atoms with Gasteiger partial charge in [0.15, 0.2) is 0 Å². The van der Waals surface area contributed by atoms with E-state index in [1.165, 1.54) is 0 Å². The molecule has 88 valence electrons. The molecule has 0 aliphatic heterocycles. The van der Waals surface area contributed by atoms with E-state index in [9.17, 15) is 4.79 Å². The molecule has 1 aromatic carbocycles. The zero-order chi connectivity index (χ0) is 12.3. The Morgan fingerprint density at radius 3 is 2.94 bits per heavy atom. The summed E-state index contributed by atoms with van der Waals surface area (Å²) in [6.45, 7) is 2.52. The van der Waals surface area contributed by atoms with Crippen molar-refractivity contribution < 1.29 is 9.90 Å². The van der Waals surface area contributed by atoms with Crippen molar-refractivity contribution in [1.82, 2.24) is 10.2 Å². The van der Waals surface area contributed by atoms with E-state index in [-0.39, 0.29) is 5.56 Å². The third kappa shape index (κ3) is 2.63. The van der Waals surface area contributed by atoms with Gasteiger partial charge in [0, 0.05) is 11.9 Å². The van der Waals surface area contributed by atoms with Crippen LogP contribution in [-0.4, -0.2) is 21.3 Å². The molecule has 1 heterocycles. The summed E-state index contributed by atoms with van der Waals surface area (Å²) >= 11 is 0. The summed E-state index contributed by atoms with van der Waals surface area (Å²) in [7, 11) is 0. The molecule has 5 heteroatoms. The molecule has 2 rings (SSSR count). The number of nitrogens with one attached hydrogen (secondary N) is 2. The van der Waals surface area contributed by atoms with Gasteiger partial charge in [-0.3, -0.25) is 5.10 Å². The average molecular weight is 231 g/mol. The van der Waals surface area contributed by atoms with E-state index in [1.807, 2.05) is 13.0 Å². The van der Waals surface area contributed by atoms with Crippen molar-refractivity contribution in [3.63, 3.8) is 0 Å². The molecule has 0 aliphatic rings. The van der Waals surface area contributed by atoms with Gasteiger partial charge in [0.1, 0.15) is 0 Å². The second-order valence-electron chi connectivity index (χ2n) is 3.77. The minimum Gasteiger partial charge on any atom is -0.478 e. The highest BCUT2D eigenvalue weighted by atomic mass is 16.4. The van der Waals surface area contributed by atoms with Crippen LogP contribution in [0.25, 0.3) is 0 Å². The molecule has 3 N–H and O–H groups in total. The molecule has 1 aromatic heterocycles. The highest BCUT2D eigenvalue weighted by molar-refractivity contribution is 5.89. The zero-order valence-electron chi connectivity index (χ0n) is 9.40. The van der Waals surface area contributed by atoms with Crippen LogP contribution in [0.15, 0.2) is 30.5 Å². The van der Waals surface area contributed by atoms with Crippen LogP contribution in [0.4, 0.5) is 5.69 Å². The van der Waals surface area contributed by atoms with E-state index in [4.69, 9.17) is 5.11 Å². The Labute approximate surface area is 98.5 Å². The zero-order valence-corrected chi connectivity index (χ0v) is 9.40. The number of aryl methyl sites for hydroxylation is 1. The topological polar surface area (TPSA) is 78.0 Å². The predicted molar refractivity (Wildman–Crippen MR) is 64.1 cm³/mol. The molecular formula is C12H13N3O2. The van der Waals surface area contributed by atoms with Crippen LogP contribution in [0.1, 0.15) is 21.6 Å². The van der Waals surface area contributed by atoms with Gasteiger partial charge < -0.3 is 10.4 Å². The van der Waals surface area contributed by atoms with E-state index >= 15 is 0 Å². The minimum atomic E-state index is -0.922. The second-order valence-corrected chi connectivity index (χ2v) is 3.77. The van der Waals surface area contributed by atoms with Crippen molar-refractivity contribution in [3.8, 4) is 0 Å². The van der Waals surface area contributed by atoms with Crippen LogP contribution < -0.4 is 5.32 Å². The Bertz CT molecular complexity index is 521. The largest absolute Gasteiger partial charge is 0.478 e. The average Bonchev–Trinajstić information content (AvgIpc) is 2.80. The number of hydrogen-bond donors (Lipinski definition) is 3. The number of rotatable bonds is 4. The molecule has 0 fully saturated rings. The number of aromatic amines is 1. The van der Waals surface area contributed by atoms with Gasteiger partial charge >= 0.3 is 5.97 Å². The summed E-state index contributed by atoms with van der Waals surface area (Å²) in [5.41, 5.74) is 3.06. The number of anilines is 1. The SMILES string of the molecule is Cc1ccc(C(=O)O)cc1NCc1ccn[nH]1. The number of carboxylic acid groups (broad SMARTS) is 1. The maximum atomic E-state index is 10.9. The third-order valence-electron chi connectivity index (χ3n) is 2.51. The maximum absolute atomic E-state index is 10.9. The standard InChI is InChI=1S/C12H13N3O2/c1-8-2-3-9(12(16)17)6-11(8)13-7-10-4-5-14-15-10/h2-6,13H,7H2,1H3,(H,14,15)(H,16,17). The van der Waals surface area contributed by atoms with Crippen LogP contribution >= 0.6 is 0 Å². The number of carboxylic acids is 1. The first-order valence-corrected chi connectivity index (χ1v) is 5.23. The normalized spacial score (nSPS) is 10.2. The van der Waals surface area contributed by atoms with Crippen LogP contribution in [0, 0.1) is 6.92 Å². The lowest BCUT2D eigenvalue weighted by molar-refractivity contribution is 0.0697. The Balaban J connectivity index is 2.14. The summed E-state index contributed by atoms with van der Waals surface area (Å²) in [5, 5.41) is 18.8. The number of carbonyl (C=O) groups is 1. The summed E-state index contributed by atoms with van der Waals surface area (Å²) < 4.78 is 0. The molecule has 0 aliphatic carbocycles. The molecule has 0 amide bonds. The summed E-state index contributed by atoms with van der Waals surface area (Å²) in [6.07, 6.45) is 1.68. The van der Waals surface area contributed by atoms with Crippen LogP contribution in [0.5, 0.6) is 0 Å². The monoisotopic (exact) mass is 231 g/mol. The number of benzene rings is 1. The van der Waals surface area contributed by atoms with Gasteiger partial charge in [-0.15, -0.1) is 0 Å². The number of H-pyrrole nitrogens is 1. The molecule has 0 spiro atoms. The van der Waals surface area contributed by atoms with E-state index in [1.54, 1.807) is 24.4 Å². The van der Waals surface area contributed by atoms with E-state index in [2.05, 4.69) is 15.5 Å². The fourth-order valence-corrected chi connectivity index (χ4v) is 1.52. The van der Waals surface area contributed by atoms with Gasteiger partial charge in [0.2, 0.25) is 0 Å². The molecule has 0 saturated heterocycles. The molecular weight excluding hydrogens is 218 g/mol. The third-order valence-corrected chi connectivity index (χ3v) is 2.51. The lowest BCUT2D eigenvalue weighted by Crippen LogP contribution is -2.04. The first-order chi connectivity index (χ1) is 8.16. The minimum absolute atomic E-state index is 0.280. The van der Waals surface area contributed by atoms with Gasteiger partial charge in [-0.05, 0) is 30.7 Å². The first kappa shape index (κ1) is 11.2. The Hall–Kier alpha value is -2.30. The van der Waals surface area contributed by atoms with Crippen molar-refractivity contribution in [2.45, 2.75) is 13.5 Å². The van der Waals surface area contributed by atoms with Crippen molar-refractivity contribution in [1.29, 1.82) is 0 Å². The second kappa shape index (κ2) is 4.69. The van der Waals surface area contributed by atoms with Gasteiger partial charge in [-0.1, -0.05) is 6.07 Å². The van der Waals surface area contributed by atoms with Crippen molar-refractivity contribution in [3.05, 3.63) is 47.3 Å². The Morgan fingerprint density at radius 1 is 1.47 bits per heavy atom. The van der Waals surface area contributed by atoms with E-state index in [0.717, 1.165) is 16.9 Å². The smallest absolute Gasteiger partial charge is 0.335 e. The van der Waals surface area contributed by atoms with Gasteiger partial charge in [0.25, 0.3) is 0 Å². The van der Waals surface area contributed by atoms with Gasteiger partial charge in [0.05, 0.1) is 17.8 Å². The van der Waals surface area contributed by atoms with Crippen molar-refractivity contribution in [2.75, 3.05) is 5.32 Å². The summed E-state index contributed by atoms with van der Waals surface area (Å²) in [5.74, 6) is -0.922. The molecule has 0 bridgehead atoms. The van der Waals surface area contributed by atoms with Crippen molar-refractivity contribution >= 4 is 11.7 Å². The lowest BCUT2D eigenvalue weighted by Gasteiger charge is -2.09. The Morgan fingerprint density at radius 2 is 2.29 bits per heavy atom. The van der Waals surface area contributed by atoms with Crippen LogP contribution in [-0.2, 0) is 6.54 Å². The maximum Gasteiger partial charge on any atom is 0.335 e. The fourth-order valence-electron chi connectivity index (χ4n) is 1.52. The van der Waals surface area contributed by atoms with Crippen LogP contribution in [0.2, 0.25) is 0 Å².